The molecule has 2 saturated heterocycles. The first kappa shape index (κ1) is 23.3. The zero-order chi connectivity index (χ0) is 23.2. The smallest absolute Gasteiger partial charge is 0.486 e. The summed E-state index contributed by atoms with van der Waals surface area (Å²) in [6.07, 6.45) is 1.45. The number of nitrogens with zero attached hydrogens (tertiary/aromatic N) is 3. The number of aromatic nitrogens is 1. The number of carboxylic acid groups (broad SMARTS) is 1. The molecule has 1 aromatic heterocycles. The summed E-state index contributed by atoms with van der Waals surface area (Å²) in [5, 5.41) is 16.0. The van der Waals surface area contributed by atoms with E-state index in [-0.39, 0.29) is 11.7 Å². The van der Waals surface area contributed by atoms with E-state index < -0.39 is 12.1 Å². The highest BCUT2D eigenvalue weighted by atomic mass is 19.4. The van der Waals surface area contributed by atoms with Gasteiger partial charge in [-0.25, -0.2) is 4.79 Å². The number of ether oxygens (including phenoxy) is 2. The number of benzene rings is 1. The van der Waals surface area contributed by atoms with Gasteiger partial charge >= 0.3 is 12.1 Å². The normalized spacial score (nSPS) is 19.6. The Labute approximate surface area is 183 Å². The topological polar surface area (TPSA) is 95.7 Å². The van der Waals surface area contributed by atoms with Crippen molar-refractivity contribution in [3.63, 3.8) is 0 Å². The molecule has 3 heterocycles. The molecule has 1 unspecified atom stereocenters. The molecule has 0 amide bonds. The number of alkyl halides is 3. The molecule has 0 saturated carbocycles. The highest BCUT2D eigenvalue weighted by Gasteiger charge is 2.43. The average Bonchev–Trinajstić information content (AvgIpc) is 3.16. The van der Waals surface area contributed by atoms with Crippen LogP contribution < -0.4 is 9.64 Å². The van der Waals surface area contributed by atoms with Crippen molar-refractivity contribution >= 4 is 11.7 Å². The molecule has 2 fully saturated rings. The van der Waals surface area contributed by atoms with Crippen LogP contribution in [0, 0.1) is 11.3 Å². The molecule has 170 valence electrons. The lowest BCUT2D eigenvalue weighted by molar-refractivity contribution is -0.192. The van der Waals surface area contributed by atoms with E-state index >= 15 is 0 Å². The first-order valence-corrected chi connectivity index (χ1v) is 9.97. The van der Waals surface area contributed by atoms with Crippen molar-refractivity contribution in [2.24, 2.45) is 0 Å². The van der Waals surface area contributed by atoms with Gasteiger partial charge in [0.15, 0.2) is 0 Å². The minimum atomic E-state index is -5.08. The molecule has 2 aromatic rings. The van der Waals surface area contributed by atoms with Gasteiger partial charge in [0.25, 0.3) is 0 Å². The van der Waals surface area contributed by atoms with E-state index in [9.17, 15) is 13.2 Å². The summed E-state index contributed by atoms with van der Waals surface area (Å²) >= 11 is 0. The Bertz CT molecular complexity index is 938. The molecule has 10 heteroatoms. The minimum Gasteiger partial charge on any atom is -0.486 e. The number of halogens is 3. The van der Waals surface area contributed by atoms with Crippen molar-refractivity contribution in [3.8, 4) is 11.8 Å². The van der Waals surface area contributed by atoms with Gasteiger partial charge in [-0.05, 0) is 49.2 Å². The fraction of sp³-hybridized carbons (Fsp3) is 0.409. The summed E-state index contributed by atoms with van der Waals surface area (Å²) in [5.41, 5.74) is 1.82. The zero-order valence-electron chi connectivity index (χ0n) is 17.1. The number of carboxylic acids is 1. The third-order valence-electron chi connectivity index (χ3n) is 5.39. The second-order valence-corrected chi connectivity index (χ2v) is 7.58. The summed E-state index contributed by atoms with van der Waals surface area (Å²) in [5.74, 6) is -1.95. The monoisotopic (exact) mass is 449 g/mol. The quantitative estimate of drug-likeness (QED) is 0.762. The summed E-state index contributed by atoms with van der Waals surface area (Å²) in [4.78, 5) is 15.4. The van der Waals surface area contributed by atoms with Crippen LogP contribution in [0.25, 0.3) is 0 Å². The standard InChI is InChI=1S/C20H21N3O2.C2HF3O2/c21-13-16-3-5-17(6-4-16)23-10-7-20(8-11-23)12-19(15-24-20)25-18-2-1-9-22-14-18;3-2(4,5)1(6)7/h1-6,9,14,19H,7-8,10-12,15H2;(H,6,7). The predicted molar refractivity (Wildman–Crippen MR) is 108 cm³/mol. The van der Waals surface area contributed by atoms with Gasteiger partial charge in [-0.15, -0.1) is 0 Å². The highest BCUT2D eigenvalue weighted by Crippen LogP contribution is 2.38. The molecular formula is C22H22F3N3O4. The Hall–Kier alpha value is -3.32. The Morgan fingerprint density at radius 1 is 1.25 bits per heavy atom. The van der Waals surface area contributed by atoms with E-state index in [4.69, 9.17) is 24.6 Å². The number of piperidine rings is 1. The Balaban J connectivity index is 0.000000360. The van der Waals surface area contributed by atoms with Crippen molar-refractivity contribution in [2.45, 2.75) is 37.1 Å². The summed E-state index contributed by atoms with van der Waals surface area (Å²) in [6, 6.07) is 13.8. The van der Waals surface area contributed by atoms with E-state index in [0.717, 1.165) is 38.1 Å². The largest absolute Gasteiger partial charge is 0.490 e. The first-order valence-electron chi connectivity index (χ1n) is 9.97. The summed E-state index contributed by atoms with van der Waals surface area (Å²) < 4.78 is 43.9. The summed E-state index contributed by atoms with van der Waals surface area (Å²) in [6.45, 7) is 2.57. The van der Waals surface area contributed by atoms with E-state index in [1.165, 1.54) is 5.69 Å². The van der Waals surface area contributed by atoms with Crippen LogP contribution in [0.1, 0.15) is 24.8 Å². The van der Waals surface area contributed by atoms with Gasteiger partial charge in [-0.1, -0.05) is 0 Å². The average molecular weight is 449 g/mol. The Morgan fingerprint density at radius 2 is 1.91 bits per heavy atom. The van der Waals surface area contributed by atoms with Gasteiger partial charge in [0.1, 0.15) is 11.9 Å². The lowest BCUT2D eigenvalue weighted by Gasteiger charge is -2.39. The number of nitriles is 1. The molecule has 32 heavy (non-hydrogen) atoms. The van der Waals surface area contributed by atoms with Gasteiger partial charge in [0.05, 0.1) is 30.0 Å². The lowest BCUT2D eigenvalue weighted by Crippen LogP contribution is -2.44. The second kappa shape index (κ2) is 9.87. The third-order valence-corrected chi connectivity index (χ3v) is 5.39. The number of anilines is 1. The van der Waals surface area contributed by atoms with Crippen molar-refractivity contribution in [3.05, 3.63) is 54.4 Å². The molecule has 0 aliphatic carbocycles. The number of hydrogen-bond acceptors (Lipinski definition) is 6. The van der Waals surface area contributed by atoms with Gasteiger partial charge < -0.3 is 19.5 Å². The van der Waals surface area contributed by atoms with Crippen LogP contribution in [0.4, 0.5) is 18.9 Å². The van der Waals surface area contributed by atoms with E-state index in [1.54, 1.807) is 12.4 Å². The molecule has 1 aromatic carbocycles. The maximum atomic E-state index is 10.6. The first-order chi connectivity index (χ1) is 15.2. The predicted octanol–water partition coefficient (Wildman–Crippen LogP) is 3.79. The van der Waals surface area contributed by atoms with Gasteiger partial charge in [0, 0.05) is 31.4 Å². The van der Waals surface area contributed by atoms with Gasteiger partial charge in [-0.2, -0.15) is 18.4 Å². The molecule has 1 atom stereocenters. The molecule has 0 bridgehead atoms. The van der Waals surface area contributed by atoms with Crippen molar-refractivity contribution < 1.29 is 32.5 Å². The number of rotatable bonds is 3. The highest BCUT2D eigenvalue weighted by molar-refractivity contribution is 5.73. The van der Waals surface area contributed by atoms with Crippen molar-refractivity contribution in [2.75, 3.05) is 24.6 Å². The fourth-order valence-electron chi connectivity index (χ4n) is 3.76. The Morgan fingerprint density at radius 3 is 2.44 bits per heavy atom. The summed E-state index contributed by atoms with van der Waals surface area (Å²) in [7, 11) is 0. The van der Waals surface area contributed by atoms with Crippen LogP contribution in [-0.4, -0.2) is 53.6 Å². The van der Waals surface area contributed by atoms with Crippen LogP contribution >= 0.6 is 0 Å². The molecule has 4 rings (SSSR count). The molecule has 1 spiro atoms. The maximum absolute atomic E-state index is 10.6. The fourth-order valence-corrected chi connectivity index (χ4v) is 3.76. The molecular weight excluding hydrogens is 427 g/mol. The Kier molecular flexibility index (Phi) is 7.20. The van der Waals surface area contributed by atoms with Crippen LogP contribution in [0.3, 0.4) is 0 Å². The lowest BCUT2D eigenvalue weighted by atomic mass is 9.87. The van der Waals surface area contributed by atoms with Crippen LogP contribution in [0.15, 0.2) is 48.8 Å². The number of aliphatic carboxylic acids is 1. The molecule has 2 aliphatic heterocycles. The number of hydrogen-bond donors (Lipinski definition) is 1. The number of carbonyl (C=O) groups is 1. The van der Waals surface area contributed by atoms with Crippen molar-refractivity contribution in [1.82, 2.24) is 4.98 Å². The molecule has 2 aliphatic rings. The molecule has 1 N–H and O–H groups in total. The van der Waals surface area contributed by atoms with E-state index in [1.807, 2.05) is 36.4 Å². The van der Waals surface area contributed by atoms with Crippen molar-refractivity contribution in [1.29, 1.82) is 5.26 Å². The van der Waals surface area contributed by atoms with E-state index in [2.05, 4.69) is 16.0 Å². The van der Waals surface area contributed by atoms with E-state index in [0.29, 0.717) is 12.2 Å². The van der Waals surface area contributed by atoms with Gasteiger partial charge in [0.2, 0.25) is 0 Å². The van der Waals surface area contributed by atoms with Crippen LogP contribution in [0.5, 0.6) is 5.75 Å². The zero-order valence-corrected chi connectivity index (χ0v) is 17.1. The maximum Gasteiger partial charge on any atom is 0.490 e. The van der Waals surface area contributed by atoms with Gasteiger partial charge in [-0.3, -0.25) is 4.98 Å². The van der Waals surface area contributed by atoms with Crippen LogP contribution in [0.2, 0.25) is 0 Å². The number of pyridine rings is 1. The van der Waals surface area contributed by atoms with Crippen LogP contribution in [-0.2, 0) is 9.53 Å². The minimum absolute atomic E-state index is 0.0596. The SMILES string of the molecule is N#Cc1ccc(N2CCC3(CC2)CC(Oc2cccnc2)CO3)cc1.O=C(O)C(F)(F)F. The second-order valence-electron chi connectivity index (χ2n) is 7.58. The third kappa shape index (κ3) is 6.11. The molecule has 0 radical (unpaired) electrons. The molecule has 7 nitrogen and oxygen atoms in total.